The lowest BCUT2D eigenvalue weighted by atomic mass is 10.0. The molecule has 0 rings (SSSR count). The summed E-state index contributed by atoms with van der Waals surface area (Å²) in [5, 5.41) is 0. The van der Waals surface area contributed by atoms with Crippen LogP contribution in [0.1, 0.15) is 342 Å². The summed E-state index contributed by atoms with van der Waals surface area (Å²) in [6.45, 7) is 6.52. The fourth-order valence-corrected chi connectivity index (χ4v) is 9.99. The second-order valence-electron chi connectivity index (χ2n) is 23.4. The van der Waals surface area contributed by atoms with Gasteiger partial charge in [0.05, 0.1) is 0 Å². The Morgan fingerprint density at radius 1 is 0.253 bits per heavy atom. The second-order valence-corrected chi connectivity index (χ2v) is 23.4. The molecule has 0 aliphatic heterocycles. The summed E-state index contributed by atoms with van der Waals surface area (Å²) in [7, 11) is 0. The molecule has 0 spiro atoms. The van der Waals surface area contributed by atoms with Gasteiger partial charge < -0.3 is 14.2 Å². The first-order valence-electron chi connectivity index (χ1n) is 35.4. The van der Waals surface area contributed by atoms with Gasteiger partial charge >= 0.3 is 17.9 Å². The normalized spacial score (nSPS) is 12.8. The first-order chi connectivity index (χ1) is 41.0. The minimum Gasteiger partial charge on any atom is -0.462 e. The fourth-order valence-electron chi connectivity index (χ4n) is 9.99. The molecule has 0 saturated carbocycles. The number of rotatable bonds is 64. The lowest BCUT2D eigenvalue weighted by molar-refractivity contribution is -0.167. The van der Waals surface area contributed by atoms with Crippen molar-refractivity contribution in [1.29, 1.82) is 0 Å². The molecule has 0 aromatic rings. The van der Waals surface area contributed by atoms with Gasteiger partial charge in [-0.25, -0.2) is 0 Å². The molecular formula is C77H132O6. The zero-order chi connectivity index (χ0) is 59.9. The largest absolute Gasteiger partial charge is 0.462 e. The molecule has 0 bridgehead atoms. The highest BCUT2D eigenvalue weighted by Crippen LogP contribution is 2.17. The first kappa shape index (κ1) is 79.1. The highest BCUT2D eigenvalue weighted by molar-refractivity contribution is 5.71. The molecule has 83 heavy (non-hydrogen) atoms. The van der Waals surface area contributed by atoms with Crippen LogP contribution < -0.4 is 0 Å². The van der Waals surface area contributed by atoms with Crippen molar-refractivity contribution in [2.75, 3.05) is 13.2 Å². The summed E-state index contributed by atoms with van der Waals surface area (Å²) in [6, 6.07) is 0. The van der Waals surface area contributed by atoms with Crippen molar-refractivity contribution in [2.24, 2.45) is 0 Å². The Hall–Kier alpha value is -3.93. The number of esters is 3. The highest BCUT2D eigenvalue weighted by Gasteiger charge is 2.19. The van der Waals surface area contributed by atoms with Crippen LogP contribution in [-0.2, 0) is 28.6 Å². The van der Waals surface area contributed by atoms with Crippen LogP contribution in [0.5, 0.6) is 0 Å². The number of carbonyl (C=O) groups excluding carboxylic acids is 3. The van der Waals surface area contributed by atoms with Gasteiger partial charge in [0.1, 0.15) is 13.2 Å². The molecule has 0 aliphatic rings. The van der Waals surface area contributed by atoms with Crippen molar-refractivity contribution in [3.63, 3.8) is 0 Å². The molecule has 1 unspecified atom stereocenters. The molecule has 0 heterocycles. The van der Waals surface area contributed by atoms with Crippen molar-refractivity contribution in [2.45, 2.75) is 348 Å². The van der Waals surface area contributed by atoms with Crippen LogP contribution in [0.4, 0.5) is 0 Å². The SMILES string of the molecule is CC/C=C\C/C=C\C/C=C\C/C=C\C/C=C\C/C=C\C/C=C\CCCCCC(=O)OC(COC(=O)CCCCCCCCCCCCCCC)COC(=O)CCCCCCCCCCCCCCCCC/C=C\C/C=C\CCCCCCC. The summed E-state index contributed by atoms with van der Waals surface area (Å²) in [4.78, 5) is 38.4. The summed E-state index contributed by atoms with van der Waals surface area (Å²) in [5.41, 5.74) is 0. The third kappa shape index (κ3) is 68.7. The molecule has 0 aliphatic carbocycles. The topological polar surface area (TPSA) is 78.9 Å². The molecule has 1 atom stereocenters. The monoisotopic (exact) mass is 1150 g/mol. The van der Waals surface area contributed by atoms with Crippen LogP contribution >= 0.6 is 0 Å². The zero-order valence-electron chi connectivity index (χ0n) is 54.7. The summed E-state index contributed by atoms with van der Waals surface area (Å²) in [5.74, 6) is -0.908. The van der Waals surface area contributed by atoms with Crippen molar-refractivity contribution >= 4 is 17.9 Å². The average Bonchev–Trinajstić information content (AvgIpc) is 3.49. The molecule has 0 aromatic heterocycles. The van der Waals surface area contributed by atoms with Crippen LogP contribution in [0.2, 0.25) is 0 Å². The van der Waals surface area contributed by atoms with Gasteiger partial charge in [0.2, 0.25) is 0 Å². The Morgan fingerprint density at radius 3 is 0.747 bits per heavy atom. The maximum absolute atomic E-state index is 12.9. The third-order valence-corrected chi connectivity index (χ3v) is 15.3. The zero-order valence-corrected chi connectivity index (χ0v) is 54.7. The standard InChI is InChI=1S/C77H132O6/c1-4-7-10-13-16-19-22-25-27-29-31-33-35-37-38-40-41-43-45-47-49-52-55-58-61-64-67-70-76(79)82-73-74(72-81-75(78)69-66-63-60-57-54-51-24-21-18-15-12-9-6-3)83-77(80)71-68-65-62-59-56-53-50-48-46-44-42-39-36-34-32-30-28-26-23-20-17-14-11-8-5-2/h8,11,17,20,22,25-26,28-29,31-32,34,39,42,46,48,53,56,74H,4-7,9-10,12-16,18-19,21,23-24,27,30,33,35-38,40-41,43-45,47,49-52,54-55,57-73H2,1-3H3/b11-8-,20-17-,25-22-,28-26-,31-29-,34-32-,42-39-,48-46-,56-53-. The molecule has 6 nitrogen and oxygen atoms in total. The number of ether oxygens (including phenoxy) is 3. The molecule has 0 amide bonds. The van der Waals surface area contributed by atoms with Gasteiger partial charge in [0, 0.05) is 19.3 Å². The van der Waals surface area contributed by atoms with Crippen LogP contribution in [0, 0.1) is 0 Å². The van der Waals surface area contributed by atoms with E-state index in [4.69, 9.17) is 14.2 Å². The molecule has 476 valence electrons. The Bertz CT molecular complexity index is 1660. The Labute approximate surface area is 514 Å². The molecule has 0 saturated heterocycles. The van der Waals surface area contributed by atoms with E-state index in [1.807, 2.05) is 0 Å². The van der Waals surface area contributed by atoms with E-state index in [9.17, 15) is 14.4 Å². The van der Waals surface area contributed by atoms with Crippen LogP contribution in [0.25, 0.3) is 0 Å². The molecule has 0 fully saturated rings. The van der Waals surface area contributed by atoms with E-state index in [0.717, 1.165) is 116 Å². The van der Waals surface area contributed by atoms with Crippen molar-refractivity contribution in [3.8, 4) is 0 Å². The summed E-state index contributed by atoms with van der Waals surface area (Å²) < 4.78 is 17.0. The van der Waals surface area contributed by atoms with Crippen molar-refractivity contribution in [1.82, 2.24) is 0 Å². The van der Waals surface area contributed by atoms with Gasteiger partial charge in [-0.3, -0.25) is 14.4 Å². The minimum atomic E-state index is -0.797. The highest BCUT2D eigenvalue weighted by atomic mass is 16.6. The second kappa shape index (κ2) is 70.6. The van der Waals surface area contributed by atoms with Gasteiger partial charge in [0.15, 0.2) is 6.10 Å². The maximum Gasteiger partial charge on any atom is 0.306 e. The van der Waals surface area contributed by atoms with Crippen molar-refractivity contribution in [3.05, 3.63) is 109 Å². The molecule has 0 aromatic carbocycles. The maximum atomic E-state index is 12.9. The van der Waals surface area contributed by atoms with E-state index < -0.39 is 6.10 Å². The predicted octanol–water partition coefficient (Wildman–Crippen LogP) is 24.6. The Kier molecular flexibility index (Phi) is 67.2. The summed E-state index contributed by atoms with van der Waals surface area (Å²) in [6.07, 6.45) is 96.8. The lowest BCUT2D eigenvalue weighted by Crippen LogP contribution is -2.30. The number of carbonyl (C=O) groups is 3. The van der Waals surface area contributed by atoms with Crippen LogP contribution in [0.15, 0.2) is 109 Å². The van der Waals surface area contributed by atoms with Gasteiger partial charge in [-0.05, 0) is 109 Å². The van der Waals surface area contributed by atoms with E-state index in [2.05, 4.69) is 130 Å². The van der Waals surface area contributed by atoms with E-state index >= 15 is 0 Å². The Balaban J connectivity index is 4.34. The van der Waals surface area contributed by atoms with Gasteiger partial charge in [-0.15, -0.1) is 0 Å². The molecule has 6 heteroatoms. The number of allylic oxidation sites excluding steroid dienone is 18. The van der Waals surface area contributed by atoms with Gasteiger partial charge in [-0.2, -0.15) is 0 Å². The molecular weight excluding hydrogens is 1020 g/mol. The fraction of sp³-hybridized carbons (Fsp3) is 0.727. The Morgan fingerprint density at radius 2 is 0.470 bits per heavy atom. The van der Waals surface area contributed by atoms with Crippen LogP contribution in [-0.4, -0.2) is 37.2 Å². The first-order valence-corrected chi connectivity index (χ1v) is 35.4. The molecule has 0 N–H and O–H groups in total. The number of hydrogen-bond acceptors (Lipinski definition) is 6. The third-order valence-electron chi connectivity index (χ3n) is 15.3. The van der Waals surface area contributed by atoms with Gasteiger partial charge in [-0.1, -0.05) is 323 Å². The number of hydrogen-bond donors (Lipinski definition) is 0. The van der Waals surface area contributed by atoms with Crippen LogP contribution in [0.3, 0.4) is 0 Å². The predicted molar refractivity (Wildman–Crippen MR) is 362 cm³/mol. The average molecular weight is 1150 g/mol. The minimum absolute atomic E-state index is 0.0891. The summed E-state index contributed by atoms with van der Waals surface area (Å²) >= 11 is 0. The van der Waals surface area contributed by atoms with Gasteiger partial charge in [0.25, 0.3) is 0 Å². The number of unbranched alkanes of at least 4 members (excludes halogenated alkanes) is 35. The quantitative estimate of drug-likeness (QED) is 0.0261. The smallest absolute Gasteiger partial charge is 0.306 e. The van der Waals surface area contributed by atoms with E-state index in [0.29, 0.717) is 12.8 Å². The van der Waals surface area contributed by atoms with Crippen molar-refractivity contribution < 1.29 is 28.6 Å². The lowest BCUT2D eigenvalue weighted by Gasteiger charge is -2.18. The van der Waals surface area contributed by atoms with E-state index in [-0.39, 0.29) is 37.5 Å². The van der Waals surface area contributed by atoms with E-state index in [1.54, 1.807) is 0 Å². The van der Waals surface area contributed by atoms with E-state index in [1.165, 1.54) is 186 Å². The molecule has 0 radical (unpaired) electrons.